The number of carbonyl (C=O) groups excluding carboxylic acids is 1. The molecule has 1 atom stereocenters. The van der Waals surface area contributed by atoms with Crippen LogP contribution in [0.15, 0.2) is 41.6 Å². The van der Waals surface area contributed by atoms with Crippen molar-refractivity contribution in [3.8, 4) is 5.69 Å². The molecule has 0 amide bonds. The van der Waals surface area contributed by atoms with E-state index in [4.69, 9.17) is 14.8 Å². The second-order valence-corrected chi connectivity index (χ2v) is 8.89. The summed E-state index contributed by atoms with van der Waals surface area (Å²) in [7, 11) is 1.70. The quantitative estimate of drug-likeness (QED) is 0.367. The molecule has 0 saturated heterocycles. The van der Waals surface area contributed by atoms with E-state index in [-0.39, 0.29) is 11.8 Å². The number of aromatic nitrogens is 4. The van der Waals surface area contributed by atoms with Gasteiger partial charge >= 0.3 is 0 Å². The van der Waals surface area contributed by atoms with E-state index >= 15 is 0 Å². The number of rotatable bonds is 9. The molecule has 1 aromatic carbocycles. The van der Waals surface area contributed by atoms with Crippen molar-refractivity contribution in [2.75, 3.05) is 19.5 Å². The van der Waals surface area contributed by atoms with E-state index in [9.17, 15) is 4.79 Å². The molecule has 2 heterocycles. The molecule has 0 N–H and O–H groups in total. The summed E-state index contributed by atoms with van der Waals surface area (Å²) in [5.74, 6) is 1.91. The summed E-state index contributed by atoms with van der Waals surface area (Å²) < 4.78 is 9.40. The van der Waals surface area contributed by atoms with Crippen molar-refractivity contribution in [2.24, 2.45) is 0 Å². The van der Waals surface area contributed by atoms with Gasteiger partial charge in [0.1, 0.15) is 5.82 Å². The minimum Gasteiger partial charge on any atom is -0.383 e. The molecular weight excluding hydrogens is 396 g/mol. The first kappa shape index (κ1) is 20.9. The number of ketones is 1. The Labute approximate surface area is 181 Å². The van der Waals surface area contributed by atoms with Crippen LogP contribution >= 0.6 is 11.8 Å². The number of hydrogen-bond acceptors (Lipinski definition) is 5. The number of Topliss-reactive ketones (excluding diaryl/α,β-unsaturated/α-hetero) is 1. The Kier molecular flexibility index (Phi) is 6.11. The first-order chi connectivity index (χ1) is 14.5. The van der Waals surface area contributed by atoms with Crippen LogP contribution in [0.25, 0.3) is 5.69 Å². The summed E-state index contributed by atoms with van der Waals surface area (Å²) in [6.45, 7) is 6.76. The lowest BCUT2D eigenvalue weighted by Gasteiger charge is -2.17. The summed E-state index contributed by atoms with van der Waals surface area (Å²) in [4.78, 5) is 17.7. The zero-order valence-corrected chi connectivity index (χ0v) is 18.8. The molecule has 7 heteroatoms. The van der Waals surface area contributed by atoms with Crippen molar-refractivity contribution in [3.05, 3.63) is 59.2 Å². The standard InChI is InChI=1S/C23H28N4O2S/c1-15-12-20(17(3)26(15)16(2)13-29-4)21(28)14-30-23-24-22(18-10-11-18)27(25-23)19-8-6-5-7-9-19/h5-9,12,16,18H,10-11,13-14H2,1-4H3/t16-/m0/s1. The molecule has 3 aromatic rings. The third-order valence-electron chi connectivity index (χ3n) is 5.52. The largest absolute Gasteiger partial charge is 0.383 e. The number of para-hydroxylation sites is 1. The monoisotopic (exact) mass is 424 g/mol. The highest BCUT2D eigenvalue weighted by atomic mass is 32.2. The first-order valence-electron chi connectivity index (χ1n) is 10.3. The highest BCUT2D eigenvalue weighted by Gasteiger charge is 2.30. The molecule has 30 heavy (non-hydrogen) atoms. The van der Waals surface area contributed by atoms with Crippen molar-refractivity contribution in [1.82, 2.24) is 19.3 Å². The van der Waals surface area contributed by atoms with E-state index in [0.717, 1.165) is 41.3 Å². The van der Waals surface area contributed by atoms with Gasteiger partial charge in [0, 0.05) is 30.0 Å². The average Bonchev–Trinajstić information content (AvgIpc) is 3.42. The fourth-order valence-corrected chi connectivity index (χ4v) is 4.70. The molecule has 1 aliphatic rings. The van der Waals surface area contributed by atoms with Crippen molar-refractivity contribution < 1.29 is 9.53 Å². The summed E-state index contributed by atoms with van der Waals surface area (Å²) in [6, 6.07) is 12.3. The molecule has 1 fully saturated rings. The van der Waals surface area contributed by atoms with Crippen LogP contribution in [-0.4, -0.2) is 44.6 Å². The van der Waals surface area contributed by atoms with Crippen LogP contribution in [-0.2, 0) is 4.74 Å². The second-order valence-electron chi connectivity index (χ2n) is 7.95. The normalized spacial score (nSPS) is 14.8. The minimum atomic E-state index is 0.105. The van der Waals surface area contributed by atoms with Gasteiger partial charge in [-0.15, -0.1) is 5.10 Å². The maximum atomic E-state index is 13.0. The number of benzene rings is 1. The van der Waals surface area contributed by atoms with Crippen LogP contribution in [0, 0.1) is 13.8 Å². The SMILES string of the molecule is COC[C@H](C)n1c(C)cc(C(=O)CSc2nc(C3CC3)n(-c3ccccc3)n2)c1C. The van der Waals surface area contributed by atoms with E-state index in [0.29, 0.717) is 23.4 Å². The highest BCUT2D eigenvalue weighted by molar-refractivity contribution is 7.99. The molecule has 0 radical (unpaired) electrons. The molecule has 4 rings (SSSR count). The third-order valence-corrected chi connectivity index (χ3v) is 6.36. The Morgan fingerprint density at radius 3 is 2.67 bits per heavy atom. The van der Waals surface area contributed by atoms with Crippen LogP contribution < -0.4 is 0 Å². The van der Waals surface area contributed by atoms with Crippen molar-refractivity contribution in [2.45, 2.75) is 50.7 Å². The lowest BCUT2D eigenvalue weighted by atomic mass is 10.2. The van der Waals surface area contributed by atoms with Gasteiger partial charge in [0.2, 0.25) is 5.16 Å². The van der Waals surface area contributed by atoms with Crippen molar-refractivity contribution >= 4 is 17.5 Å². The van der Waals surface area contributed by atoms with Gasteiger partial charge in [0.15, 0.2) is 5.78 Å². The maximum absolute atomic E-state index is 13.0. The van der Waals surface area contributed by atoms with Crippen LogP contribution in [0.1, 0.15) is 59.3 Å². The molecule has 0 spiro atoms. The van der Waals surface area contributed by atoms with Gasteiger partial charge in [-0.3, -0.25) is 4.79 Å². The third kappa shape index (κ3) is 4.23. The summed E-state index contributed by atoms with van der Waals surface area (Å²) in [6.07, 6.45) is 2.31. The van der Waals surface area contributed by atoms with Crippen molar-refractivity contribution in [3.63, 3.8) is 0 Å². The molecule has 6 nitrogen and oxygen atoms in total. The fourth-order valence-electron chi connectivity index (χ4n) is 3.99. The van der Waals surface area contributed by atoms with Gasteiger partial charge in [-0.05, 0) is 51.8 Å². The number of carbonyl (C=O) groups is 1. The average molecular weight is 425 g/mol. The molecule has 1 aliphatic carbocycles. The van der Waals surface area contributed by atoms with Gasteiger partial charge in [-0.25, -0.2) is 9.67 Å². The van der Waals surface area contributed by atoms with Gasteiger partial charge in [0.25, 0.3) is 0 Å². The summed E-state index contributed by atoms with van der Waals surface area (Å²) in [5, 5.41) is 5.36. The van der Waals surface area contributed by atoms with E-state index in [1.54, 1.807) is 7.11 Å². The second kappa shape index (κ2) is 8.78. The number of ether oxygens (including phenoxy) is 1. The molecule has 0 unspecified atom stereocenters. The highest BCUT2D eigenvalue weighted by Crippen LogP contribution is 2.40. The molecule has 158 valence electrons. The van der Waals surface area contributed by atoms with Gasteiger partial charge in [-0.1, -0.05) is 30.0 Å². The number of thioether (sulfide) groups is 1. The molecule has 1 saturated carbocycles. The predicted octanol–water partition coefficient (Wildman–Crippen LogP) is 4.75. The number of hydrogen-bond donors (Lipinski definition) is 0. The van der Waals surface area contributed by atoms with Gasteiger partial charge < -0.3 is 9.30 Å². The Morgan fingerprint density at radius 2 is 2.00 bits per heavy atom. The van der Waals surface area contributed by atoms with Crippen molar-refractivity contribution in [1.29, 1.82) is 0 Å². The zero-order chi connectivity index (χ0) is 21.3. The van der Waals surface area contributed by atoms with Crippen LogP contribution in [0.2, 0.25) is 0 Å². The smallest absolute Gasteiger partial charge is 0.209 e. The Bertz CT molecular complexity index is 1040. The van der Waals surface area contributed by atoms with Gasteiger partial charge in [0.05, 0.1) is 24.1 Å². The molecule has 0 aliphatic heterocycles. The number of aryl methyl sites for hydroxylation is 1. The molecular formula is C23H28N4O2S. The maximum Gasteiger partial charge on any atom is 0.209 e. The van der Waals surface area contributed by atoms with Crippen LogP contribution in [0.4, 0.5) is 0 Å². The van der Waals surface area contributed by atoms with E-state index in [1.165, 1.54) is 11.8 Å². The van der Waals surface area contributed by atoms with E-state index in [2.05, 4.69) is 11.5 Å². The number of methoxy groups -OCH3 is 1. The van der Waals surface area contributed by atoms with E-state index < -0.39 is 0 Å². The van der Waals surface area contributed by atoms with E-state index in [1.807, 2.05) is 54.9 Å². The van der Waals surface area contributed by atoms with Crippen LogP contribution in [0.3, 0.4) is 0 Å². The minimum absolute atomic E-state index is 0.105. The van der Waals surface area contributed by atoms with Gasteiger partial charge in [-0.2, -0.15) is 0 Å². The fraction of sp³-hybridized carbons (Fsp3) is 0.435. The topological polar surface area (TPSA) is 61.9 Å². The first-order valence-corrected chi connectivity index (χ1v) is 11.3. The summed E-state index contributed by atoms with van der Waals surface area (Å²) >= 11 is 1.41. The molecule has 2 aromatic heterocycles. The Hall–Kier alpha value is -2.38. The summed E-state index contributed by atoms with van der Waals surface area (Å²) in [5.41, 5.74) is 3.85. The molecule has 0 bridgehead atoms. The Balaban J connectivity index is 1.50. The van der Waals surface area contributed by atoms with Crippen LogP contribution in [0.5, 0.6) is 0 Å². The number of nitrogens with zero attached hydrogens (tertiary/aromatic N) is 4. The Morgan fingerprint density at radius 1 is 1.27 bits per heavy atom. The zero-order valence-electron chi connectivity index (χ0n) is 18.0. The lowest BCUT2D eigenvalue weighted by molar-refractivity contribution is 0.102. The predicted molar refractivity (Wildman–Crippen MR) is 119 cm³/mol. The lowest BCUT2D eigenvalue weighted by Crippen LogP contribution is -2.14.